The smallest absolute Gasteiger partial charge is 0.161 e. The van der Waals surface area contributed by atoms with Crippen LogP contribution >= 0.6 is 11.8 Å². The van der Waals surface area contributed by atoms with E-state index in [1.807, 2.05) is 43.1 Å². The lowest BCUT2D eigenvalue weighted by Gasteiger charge is -2.32. The van der Waals surface area contributed by atoms with E-state index < -0.39 is 0 Å². The van der Waals surface area contributed by atoms with Gasteiger partial charge in [-0.15, -0.1) is 0 Å². The molecule has 4 rings (SSSR count). The van der Waals surface area contributed by atoms with Gasteiger partial charge in [-0.05, 0) is 43.2 Å². The third-order valence-corrected chi connectivity index (χ3v) is 6.28. The molecule has 2 aliphatic rings. The van der Waals surface area contributed by atoms with Crippen LogP contribution in [0.2, 0.25) is 0 Å². The van der Waals surface area contributed by atoms with Crippen LogP contribution in [0.25, 0.3) is 0 Å². The summed E-state index contributed by atoms with van der Waals surface area (Å²) in [4.78, 5) is 12.2. The molecule has 1 saturated heterocycles. The molecule has 1 aromatic heterocycles. The molecule has 0 saturated carbocycles. The highest BCUT2D eigenvalue weighted by molar-refractivity contribution is 8.14. The van der Waals surface area contributed by atoms with Crippen LogP contribution in [0.1, 0.15) is 43.6 Å². The third-order valence-electron chi connectivity index (χ3n) is 5.16. The molecule has 27 heavy (non-hydrogen) atoms. The van der Waals surface area contributed by atoms with Crippen LogP contribution in [-0.4, -0.2) is 40.6 Å². The van der Waals surface area contributed by atoms with Crippen molar-refractivity contribution in [1.82, 2.24) is 9.88 Å². The van der Waals surface area contributed by atoms with E-state index in [2.05, 4.69) is 35.0 Å². The average Bonchev–Trinajstić information content (AvgIpc) is 3.28. The Morgan fingerprint density at radius 2 is 2.07 bits per heavy atom. The lowest BCUT2D eigenvalue weighted by Crippen LogP contribution is -2.35. The second-order valence-corrected chi connectivity index (χ2v) is 7.67. The van der Waals surface area contributed by atoms with E-state index in [4.69, 9.17) is 14.5 Å². The third kappa shape index (κ3) is 3.27. The number of hydrogen-bond acceptors (Lipinski definition) is 6. The number of hydrogen-bond donors (Lipinski definition) is 0. The first-order valence-electron chi connectivity index (χ1n) is 9.47. The summed E-state index contributed by atoms with van der Waals surface area (Å²) in [7, 11) is 1.68. The van der Waals surface area contributed by atoms with Crippen LogP contribution < -0.4 is 9.47 Å². The zero-order chi connectivity index (χ0) is 18.8. The van der Waals surface area contributed by atoms with Gasteiger partial charge in [0.2, 0.25) is 0 Å². The molecule has 0 spiro atoms. The van der Waals surface area contributed by atoms with E-state index in [0.29, 0.717) is 12.6 Å². The minimum absolute atomic E-state index is 0.00841. The number of thioether (sulfide) groups is 1. The SMILES string of the molecule is CCOc1cc([C@@H]2[C@@H](c3ccccn3)N=C3SC[C@@H](CC)N32)ccc1OC. The Balaban J connectivity index is 1.78. The predicted molar refractivity (Wildman–Crippen MR) is 110 cm³/mol. The van der Waals surface area contributed by atoms with Gasteiger partial charge < -0.3 is 14.4 Å². The van der Waals surface area contributed by atoms with Crippen molar-refractivity contribution < 1.29 is 9.47 Å². The summed E-state index contributed by atoms with van der Waals surface area (Å²) in [5, 5.41) is 1.14. The maximum Gasteiger partial charge on any atom is 0.161 e. The molecule has 0 unspecified atom stereocenters. The van der Waals surface area contributed by atoms with Crippen LogP contribution in [0.5, 0.6) is 11.5 Å². The van der Waals surface area contributed by atoms with Crippen LogP contribution in [-0.2, 0) is 0 Å². The van der Waals surface area contributed by atoms with Crippen molar-refractivity contribution in [3.63, 3.8) is 0 Å². The normalized spacial score (nSPS) is 23.9. The van der Waals surface area contributed by atoms with Gasteiger partial charge in [-0.3, -0.25) is 9.98 Å². The number of benzene rings is 1. The van der Waals surface area contributed by atoms with E-state index in [-0.39, 0.29) is 12.1 Å². The molecule has 0 aliphatic carbocycles. The number of nitrogens with zero attached hydrogens (tertiary/aromatic N) is 3. The molecular formula is C21H25N3O2S. The van der Waals surface area contributed by atoms with Crippen molar-refractivity contribution in [3.05, 3.63) is 53.9 Å². The minimum Gasteiger partial charge on any atom is -0.493 e. The fraction of sp³-hybridized carbons (Fsp3) is 0.429. The van der Waals surface area contributed by atoms with E-state index in [1.54, 1.807) is 7.11 Å². The molecular weight excluding hydrogens is 358 g/mol. The summed E-state index contributed by atoms with van der Waals surface area (Å²) in [5.41, 5.74) is 2.20. The molecule has 5 nitrogen and oxygen atoms in total. The lowest BCUT2D eigenvalue weighted by atomic mass is 9.95. The number of pyridine rings is 1. The highest BCUT2D eigenvalue weighted by Gasteiger charge is 2.45. The van der Waals surface area contributed by atoms with Gasteiger partial charge in [0.25, 0.3) is 0 Å². The molecule has 142 valence electrons. The van der Waals surface area contributed by atoms with Gasteiger partial charge in [-0.25, -0.2) is 0 Å². The zero-order valence-corrected chi connectivity index (χ0v) is 16.8. The second kappa shape index (κ2) is 7.80. The molecule has 0 N–H and O–H groups in total. The summed E-state index contributed by atoms with van der Waals surface area (Å²) in [6.07, 6.45) is 2.95. The number of ether oxygens (including phenoxy) is 2. The molecule has 0 radical (unpaired) electrons. The molecule has 2 aliphatic heterocycles. The standard InChI is InChI=1S/C21H25N3O2S/c1-4-15-13-27-21-23-19(16-8-6-7-11-22-16)20(24(15)21)14-9-10-17(25-3)18(12-14)26-5-2/h6-12,15,19-20H,4-5,13H2,1-3H3/t15-,19-,20-/m1/s1. The fourth-order valence-electron chi connectivity index (χ4n) is 3.86. The van der Waals surface area contributed by atoms with Crippen molar-refractivity contribution in [2.24, 2.45) is 4.99 Å². The monoisotopic (exact) mass is 383 g/mol. The Hall–Kier alpha value is -2.21. The molecule has 6 heteroatoms. The van der Waals surface area contributed by atoms with Crippen LogP contribution in [0.3, 0.4) is 0 Å². The summed E-state index contributed by atoms with van der Waals surface area (Å²) in [6, 6.07) is 12.9. The quantitative estimate of drug-likeness (QED) is 0.737. The van der Waals surface area contributed by atoms with E-state index in [9.17, 15) is 0 Å². The Kier molecular flexibility index (Phi) is 5.25. The number of aliphatic imine (C=N–C) groups is 1. The minimum atomic E-state index is -0.00841. The Labute approximate surface area is 164 Å². The van der Waals surface area contributed by atoms with Gasteiger partial charge in [-0.2, -0.15) is 0 Å². The molecule has 2 aromatic rings. The first-order chi connectivity index (χ1) is 13.3. The first-order valence-corrected chi connectivity index (χ1v) is 10.5. The van der Waals surface area contributed by atoms with Crippen molar-refractivity contribution in [2.75, 3.05) is 19.5 Å². The van der Waals surface area contributed by atoms with Crippen molar-refractivity contribution in [2.45, 2.75) is 38.4 Å². The first kappa shape index (κ1) is 18.2. The molecule has 0 bridgehead atoms. The number of amidine groups is 1. The fourth-order valence-corrected chi connectivity index (χ4v) is 5.19. The maximum atomic E-state index is 5.83. The highest BCUT2D eigenvalue weighted by atomic mass is 32.2. The zero-order valence-electron chi connectivity index (χ0n) is 16.0. The Morgan fingerprint density at radius 1 is 1.19 bits per heavy atom. The second-order valence-electron chi connectivity index (χ2n) is 6.68. The van der Waals surface area contributed by atoms with E-state index in [0.717, 1.165) is 34.5 Å². The van der Waals surface area contributed by atoms with Gasteiger partial charge in [-0.1, -0.05) is 30.8 Å². The number of methoxy groups -OCH3 is 1. The summed E-state index contributed by atoms with van der Waals surface area (Å²) in [5.74, 6) is 2.64. The molecule has 0 amide bonds. The van der Waals surface area contributed by atoms with Crippen LogP contribution in [0.4, 0.5) is 0 Å². The molecule has 3 heterocycles. The Bertz CT molecular complexity index is 827. The van der Waals surface area contributed by atoms with E-state index >= 15 is 0 Å². The summed E-state index contributed by atoms with van der Waals surface area (Å²) in [6.45, 7) is 4.84. The maximum absolute atomic E-state index is 5.83. The molecule has 1 fully saturated rings. The topological polar surface area (TPSA) is 47.0 Å². The lowest BCUT2D eigenvalue weighted by molar-refractivity contribution is 0.253. The van der Waals surface area contributed by atoms with Gasteiger partial charge >= 0.3 is 0 Å². The van der Waals surface area contributed by atoms with Crippen LogP contribution in [0.15, 0.2) is 47.6 Å². The van der Waals surface area contributed by atoms with Gasteiger partial charge in [0.15, 0.2) is 16.7 Å². The number of rotatable bonds is 6. The summed E-state index contributed by atoms with van der Waals surface area (Å²) < 4.78 is 11.3. The highest BCUT2D eigenvalue weighted by Crippen LogP contribution is 2.49. The van der Waals surface area contributed by atoms with Crippen molar-refractivity contribution in [1.29, 1.82) is 0 Å². The van der Waals surface area contributed by atoms with Crippen molar-refractivity contribution >= 4 is 16.9 Å². The van der Waals surface area contributed by atoms with Crippen molar-refractivity contribution in [3.8, 4) is 11.5 Å². The largest absolute Gasteiger partial charge is 0.493 e. The average molecular weight is 384 g/mol. The molecule has 1 aromatic carbocycles. The summed E-state index contributed by atoms with van der Waals surface area (Å²) >= 11 is 1.86. The Morgan fingerprint density at radius 3 is 2.78 bits per heavy atom. The van der Waals surface area contributed by atoms with Crippen LogP contribution in [0, 0.1) is 0 Å². The number of aromatic nitrogens is 1. The molecule has 3 atom stereocenters. The number of fused-ring (bicyclic) bond motifs is 1. The van der Waals surface area contributed by atoms with Gasteiger partial charge in [0.05, 0.1) is 25.5 Å². The van der Waals surface area contributed by atoms with Gasteiger partial charge in [0.1, 0.15) is 6.04 Å². The van der Waals surface area contributed by atoms with E-state index in [1.165, 1.54) is 5.56 Å². The van der Waals surface area contributed by atoms with Gasteiger partial charge in [0, 0.05) is 18.0 Å². The predicted octanol–water partition coefficient (Wildman–Crippen LogP) is 4.47.